The minimum atomic E-state index is -2.23. The molecule has 0 amide bonds. The largest absolute Gasteiger partial charge is 0.298 e. The minimum Gasteiger partial charge on any atom is -0.246 e. The third-order valence-corrected chi connectivity index (χ3v) is 2.12. The van der Waals surface area contributed by atoms with Crippen molar-refractivity contribution in [1.82, 2.24) is 4.31 Å². The molecule has 1 nitrogen and oxygen atoms in total. The van der Waals surface area contributed by atoms with Crippen LogP contribution in [0.5, 0.6) is 0 Å². The lowest BCUT2D eigenvalue weighted by atomic mass is 10.4. The van der Waals surface area contributed by atoms with Crippen molar-refractivity contribution in [3.05, 3.63) is 0 Å². The Kier molecular flexibility index (Phi) is 2.72. The third kappa shape index (κ3) is 2.49. The molecule has 4 heteroatoms. The molecule has 0 aromatic rings. The summed E-state index contributed by atoms with van der Waals surface area (Å²) in [6.45, 7) is 1.66. The Morgan fingerprint density at radius 2 is 1.78 bits per heavy atom. The van der Waals surface area contributed by atoms with Gasteiger partial charge in [-0.1, -0.05) is 0 Å². The van der Waals surface area contributed by atoms with Crippen molar-refractivity contribution in [2.75, 3.05) is 13.1 Å². The summed E-state index contributed by atoms with van der Waals surface area (Å²) < 4.78 is 24.9. The number of rotatable bonds is 2. The third-order valence-electron chi connectivity index (χ3n) is 1.29. The predicted octanol–water partition coefficient (Wildman–Crippen LogP) is 1.95. The molecule has 0 saturated carbocycles. The quantitative estimate of drug-likeness (QED) is 0.558. The van der Waals surface area contributed by atoms with Gasteiger partial charge in [-0.25, -0.2) is 4.31 Å². The summed E-state index contributed by atoms with van der Waals surface area (Å²) in [7, 11) is 0. The van der Waals surface area contributed by atoms with E-state index in [2.05, 4.69) is 0 Å². The topological polar surface area (TPSA) is 3.24 Å². The second kappa shape index (κ2) is 3.37. The number of halogens is 2. The number of nitrogens with zero attached hydrogens (tertiary/aromatic N) is 1. The summed E-state index contributed by atoms with van der Waals surface area (Å²) in [5.74, 6) is -2.23. The van der Waals surface area contributed by atoms with E-state index in [1.54, 1.807) is 4.31 Å². The zero-order valence-electron chi connectivity index (χ0n) is 5.02. The number of alkyl halides is 2. The van der Waals surface area contributed by atoms with Crippen molar-refractivity contribution in [2.24, 2.45) is 0 Å². The van der Waals surface area contributed by atoms with Gasteiger partial charge in [-0.3, -0.25) is 0 Å². The molecular weight excluding hydrogens is 144 g/mol. The Labute approximate surface area is 57.5 Å². The molecule has 54 valence electrons. The summed E-state index contributed by atoms with van der Waals surface area (Å²) in [4.78, 5) is 0. The van der Waals surface area contributed by atoms with Crippen LogP contribution < -0.4 is 0 Å². The lowest BCUT2D eigenvalue weighted by Crippen LogP contribution is -2.11. The van der Waals surface area contributed by atoms with Crippen molar-refractivity contribution < 1.29 is 8.78 Å². The Hall–Kier alpha value is 0.170. The van der Waals surface area contributed by atoms with Gasteiger partial charge in [0.15, 0.2) is 0 Å². The van der Waals surface area contributed by atoms with Crippen LogP contribution in [0.1, 0.15) is 12.8 Å². The highest BCUT2D eigenvalue weighted by atomic mass is 32.2. The van der Waals surface area contributed by atoms with Gasteiger partial charge in [-0.2, -0.15) is 8.78 Å². The predicted molar refractivity (Wildman–Crippen MR) is 34.4 cm³/mol. The van der Waals surface area contributed by atoms with Crippen LogP contribution in [0.25, 0.3) is 0 Å². The molecule has 0 radical (unpaired) electrons. The van der Waals surface area contributed by atoms with Crippen LogP contribution in [0, 0.1) is 0 Å². The van der Waals surface area contributed by atoms with Crippen molar-refractivity contribution >= 4 is 11.9 Å². The average Bonchev–Trinajstić information content (AvgIpc) is 2.15. The second-order valence-electron chi connectivity index (χ2n) is 2.00. The monoisotopic (exact) mass is 153 g/mol. The van der Waals surface area contributed by atoms with Gasteiger partial charge in [0.25, 0.3) is 5.76 Å². The van der Waals surface area contributed by atoms with Gasteiger partial charge in [0.05, 0.1) is 0 Å². The molecular formula is C5H9F2NS. The molecule has 1 rings (SSSR count). The van der Waals surface area contributed by atoms with Gasteiger partial charge < -0.3 is 0 Å². The van der Waals surface area contributed by atoms with E-state index in [4.69, 9.17) is 0 Å². The molecule has 0 bridgehead atoms. The maximum Gasteiger partial charge on any atom is 0.298 e. The van der Waals surface area contributed by atoms with E-state index in [0.29, 0.717) is 11.9 Å². The molecule has 0 unspecified atom stereocenters. The Bertz CT molecular complexity index is 83.0. The zero-order valence-corrected chi connectivity index (χ0v) is 5.83. The molecule has 1 heterocycles. The SMILES string of the molecule is FC(F)SN1CCCC1. The summed E-state index contributed by atoms with van der Waals surface area (Å²) in [5.41, 5.74) is 0. The first kappa shape index (κ1) is 7.28. The zero-order chi connectivity index (χ0) is 6.69. The van der Waals surface area contributed by atoms with Gasteiger partial charge in [-0.15, -0.1) is 0 Å². The van der Waals surface area contributed by atoms with E-state index in [1.165, 1.54) is 0 Å². The molecule has 0 spiro atoms. The molecule has 0 aromatic heterocycles. The maximum absolute atomic E-state index is 11.6. The van der Waals surface area contributed by atoms with Gasteiger partial charge >= 0.3 is 0 Å². The molecule has 9 heavy (non-hydrogen) atoms. The van der Waals surface area contributed by atoms with Crippen molar-refractivity contribution in [3.63, 3.8) is 0 Å². The van der Waals surface area contributed by atoms with Gasteiger partial charge in [0.1, 0.15) is 0 Å². The van der Waals surface area contributed by atoms with E-state index in [9.17, 15) is 8.78 Å². The fourth-order valence-electron chi connectivity index (χ4n) is 0.906. The maximum atomic E-state index is 11.6. The molecule has 0 aromatic carbocycles. The van der Waals surface area contributed by atoms with Crippen molar-refractivity contribution in [2.45, 2.75) is 18.6 Å². The fraction of sp³-hybridized carbons (Fsp3) is 1.00. The van der Waals surface area contributed by atoms with Crippen LogP contribution in [0.2, 0.25) is 0 Å². The van der Waals surface area contributed by atoms with Crippen LogP contribution in [-0.4, -0.2) is 23.2 Å². The van der Waals surface area contributed by atoms with E-state index < -0.39 is 5.76 Å². The summed E-state index contributed by atoms with van der Waals surface area (Å²) in [6.07, 6.45) is 2.14. The van der Waals surface area contributed by atoms with Crippen LogP contribution >= 0.6 is 11.9 Å². The fourth-order valence-corrected chi connectivity index (χ4v) is 1.60. The highest BCUT2D eigenvalue weighted by Crippen LogP contribution is 2.23. The summed E-state index contributed by atoms with van der Waals surface area (Å²) in [5, 5.41) is 0. The van der Waals surface area contributed by atoms with E-state index >= 15 is 0 Å². The number of hydrogen-bond donors (Lipinski definition) is 0. The van der Waals surface area contributed by atoms with E-state index in [-0.39, 0.29) is 0 Å². The standard InChI is InChI=1S/C5H9F2NS/c6-5(7)9-8-3-1-2-4-8/h5H,1-4H2. The second-order valence-corrected chi connectivity index (χ2v) is 3.09. The molecule has 0 aliphatic carbocycles. The molecule has 1 saturated heterocycles. The molecule has 1 fully saturated rings. The first-order chi connectivity index (χ1) is 4.29. The van der Waals surface area contributed by atoms with Crippen LogP contribution in [0.15, 0.2) is 0 Å². The lowest BCUT2D eigenvalue weighted by Gasteiger charge is -2.10. The van der Waals surface area contributed by atoms with Crippen molar-refractivity contribution in [3.8, 4) is 0 Å². The average molecular weight is 153 g/mol. The Morgan fingerprint density at radius 1 is 1.22 bits per heavy atom. The van der Waals surface area contributed by atoms with E-state index in [0.717, 1.165) is 25.9 Å². The highest BCUT2D eigenvalue weighted by molar-refractivity contribution is 7.97. The summed E-state index contributed by atoms with van der Waals surface area (Å²) >= 11 is 0.662. The summed E-state index contributed by atoms with van der Waals surface area (Å²) in [6, 6.07) is 0. The normalized spacial score (nSPS) is 21.7. The Morgan fingerprint density at radius 3 is 2.22 bits per heavy atom. The first-order valence-electron chi connectivity index (χ1n) is 2.99. The Balaban J connectivity index is 2.11. The van der Waals surface area contributed by atoms with Gasteiger partial charge in [0.2, 0.25) is 0 Å². The number of hydrogen-bond acceptors (Lipinski definition) is 2. The molecule has 0 N–H and O–H groups in total. The van der Waals surface area contributed by atoms with Crippen LogP contribution in [-0.2, 0) is 0 Å². The molecule has 1 aliphatic rings. The van der Waals surface area contributed by atoms with Crippen molar-refractivity contribution in [1.29, 1.82) is 0 Å². The smallest absolute Gasteiger partial charge is 0.246 e. The van der Waals surface area contributed by atoms with E-state index in [1.807, 2.05) is 0 Å². The first-order valence-corrected chi connectivity index (χ1v) is 3.82. The lowest BCUT2D eigenvalue weighted by molar-refractivity contribution is 0.246. The highest BCUT2D eigenvalue weighted by Gasteiger charge is 2.16. The van der Waals surface area contributed by atoms with Crippen LogP contribution in [0.4, 0.5) is 8.78 Å². The molecule has 1 aliphatic heterocycles. The molecule has 0 atom stereocenters. The van der Waals surface area contributed by atoms with Gasteiger partial charge in [0, 0.05) is 13.1 Å². The van der Waals surface area contributed by atoms with Gasteiger partial charge in [-0.05, 0) is 24.8 Å². The minimum absolute atomic E-state index is 0.662. The van der Waals surface area contributed by atoms with Crippen LogP contribution in [0.3, 0.4) is 0 Å².